The SMILES string of the molecule is CS(=O)(=O)c1ccc(NC(=O)CSC2CCNCC2)cn1. The Labute approximate surface area is 129 Å². The summed E-state index contributed by atoms with van der Waals surface area (Å²) in [6.07, 6.45) is 4.64. The van der Waals surface area contributed by atoms with Crippen molar-refractivity contribution in [2.24, 2.45) is 0 Å². The molecule has 116 valence electrons. The van der Waals surface area contributed by atoms with E-state index in [9.17, 15) is 13.2 Å². The molecule has 0 unspecified atom stereocenters. The fourth-order valence-electron chi connectivity index (χ4n) is 2.03. The van der Waals surface area contributed by atoms with Gasteiger partial charge in [0.15, 0.2) is 14.9 Å². The molecule has 1 aliphatic heterocycles. The highest BCUT2D eigenvalue weighted by Crippen LogP contribution is 2.20. The number of carbonyl (C=O) groups is 1. The number of anilines is 1. The fraction of sp³-hybridized carbons (Fsp3) is 0.538. The van der Waals surface area contributed by atoms with Gasteiger partial charge >= 0.3 is 0 Å². The average molecular weight is 329 g/mol. The van der Waals surface area contributed by atoms with Crippen LogP contribution in [0.4, 0.5) is 5.69 Å². The number of nitrogens with one attached hydrogen (secondary N) is 2. The summed E-state index contributed by atoms with van der Waals surface area (Å²) in [7, 11) is -3.31. The number of rotatable bonds is 5. The van der Waals surface area contributed by atoms with Gasteiger partial charge in [-0.1, -0.05) is 0 Å². The molecule has 1 aromatic heterocycles. The van der Waals surface area contributed by atoms with Crippen molar-refractivity contribution in [2.45, 2.75) is 23.1 Å². The Morgan fingerprint density at radius 3 is 2.71 bits per heavy atom. The fourth-order valence-corrected chi connectivity index (χ4v) is 3.61. The van der Waals surface area contributed by atoms with Crippen LogP contribution in [0, 0.1) is 0 Å². The molecule has 1 fully saturated rings. The number of sulfone groups is 1. The summed E-state index contributed by atoms with van der Waals surface area (Å²) in [5.74, 6) is 0.311. The van der Waals surface area contributed by atoms with Crippen LogP contribution in [0.15, 0.2) is 23.4 Å². The van der Waals surface area contributed by atoms with Gasteiger partial charge in [0.25, 0.3) is 0 Å². The average Bonchev–Trinajstić information content (AvgIpc) is 2.46. The third kappa shape index (κ3) is 5.29. The number of hydrogen-bond acceptors (Lipinski definition) is 6. The minimum atomic E-state index is -3.31. The minimum Gasteiger partial charge on any atom is -0.324 e. The zero-order chi connectivity index (χ0) is 15.3. The Balaban J connectivity index is 1.82. The molecular formula is C13H19N3O3S2. The van der Waals surface area contributed by atoms with E-state index in [0.29, 0.717) is 16.7 Å². The highest BCUT2D eigenvalue weighted by atomic mass is 32.2. The van der Waals surface area contributed by atoms with E-state index in [1.54, 1.807) is 17.8 Å². The molecule has 0 bridgehead atoms. The number of nitrogens with zero attached hydrogens (tertiary/aromatic N) is 1. The molecule has 8 heteroatoms. The highest BCUT2D eigenvalue weighted by Gasteiger charge is 2.15. The van der Waals surface area contributed by atoms with Crippen LogP contribution in [-0.2, 0) is 14.6 Å². The summed E-state index contributed by atoms with van der Waals surface area (Å²) in [6, 6.07) is 2.95. The van der Waals surface area contributed by atoms with Gasteiger partial charge in [0.05, 0.1) is 17.6 Å². The lowest BCUT2D eigenvalue weighted by Crippen LogP contribution is -2.30. The number of pyridine rings is 1. The van der Waals surface area contributed by atoms with Crippen molar-refractivity contribution in [3.05, 3.63) is 18.3 Å². The molecular weight excluding hydrogens is 310 g/mol. The number of piperidine rings is 1. The summed E-state index contributed by atoms with van der Waals surface area (Å²) in [5, 5.41) is 6.55. The van der Waals surface area contributed by atoms with Crippen molar-refractivity contribution >= 4 is 33.2 Å². The van der Waals surface area contributed by atoms with E-state index in [-0.39, 0.29) is 10.9 Å². The van der Waals surface area contributed by atoms with Crippen LogP contribution in [0.25, 0.3) is 0 Å². The molecule has 1 amide bonds. The lowest BCUT2D eigenvalue weighted by Gasteiger charge is -2.21. The maximum Gasteiger partial charge on any atom is 0.234 e. The van der Waals surface area contributed by atoms with Gasteiger partial charge in [0.1, 0.15) is 0 Å². The quantitative estimate of drug-likeness (QED) is 0.835. The van der Waals surface area contributed by atoms with Gasteiger partial charge in [0, 0.05) is 11.5 Å². The monoisotopic (exact) mass is 329 g/mol. The predicted octanol–water partition coefficient (Wildman–Crippen LogP) is 0.909. The normalized spacial score (nSPS) is 16.6. The molecule has 0 atom stereocenters. The molecule has 1 aliphatic rings. The lowest BCUT2D eigenvalue weighted by molar-refractivity contribution is -0.113. The third-order valence-electron chi connectivity index (χ3n) is 3.14. The second-order valence-electron chi connectivity index (χ2n) is 4.97. The zero-order valence-electron chi connectivity index (χ0n) is 11.8. The van der Waals surface area contributed by atoms with Gasteiger partial charge in [-0.25, -0.2) is 13.4 Å². The number of thioether (sulfide) groups is 1. The summed E-state index contributed by atoms with van der Waals surface area (Å²) < 4.78 is 22.6. The number of aromatic nitrogens is 1. The molecule has 0 saturated carbocycles. The first-order valence-corrected chi connectivity index (χ1v) is 9.67. The van der Waals surface area contributed by atoms with Crippen molar-refractivity contribution in [3.8, 4) is 0 Å². The van der Waals surface area contributed by atoms with Gasteiger partial charge in [-0.05, 0) is 38.1 Å². The molecule has 0 spiro atoms. The first kappa shape index (κ1) is 16.3. The standard InChI is InChI=1S/C13H19N3O3S2/c1-21(18,19)13-3-2-10(8-15-13)16-12(17)9-20-11-4-6-14-7-5-11/h2-3,8,11,14H,4-7,9H2,1H3,(H,16,17). The zero-order valence-corrected chi connectivity index (χ0v) is 13.5. The minimum absolute atomic E-state index is 0.00424. The van der Waals surface area contributed by atoms with Crippen LogP contribution in [0.3, 0.4) is 0 Å². The van der Waals surface area contributed by atoms with Crippen molar-refractivity contribution in [2.75, 3.05) is 30.4 Å². The van der Waals surface area contributed by atoms with Gasteiger partial charge < -0.3 is 10.6 Å². The van der Waals surface area contributed by atoms with Gasteiger partial charge in [-0.15, -0.1) is 11.8 Å². The summed E-state index contributed by atoms with van der Waals surface area (Å²) in [5.41, 5.74) is 0.512. The Morgan fingerprint density at radius 1 is 1.43 bits per heavy atom. The van der Waals surface area contributed by atoms with E-state index in [1.807, 2.05) is 0 Å². The van der Waals surface area contributed by atoms with Crippen LogP contribution >= 0.6 is 11.8 Å². The smallest absolute Gasteiger partial charge is 0.234 e. The maximum absolute atomic E-state index is 11.8. The molecule has 0 aliphatic carbocycles. The van der Waals surface area contributed by atoms with Gasteiger partial charge in [-0.3, -0.25) is 4.79 Å². The Hall–Kier alpha value is -1.12. The lowest BCUT2D eigenvalue weighted by atomic mass is 10.2. The number of hydrogen-bond donors (Lipinski definition) is 2. The number of amides is 1. The Morgan fingerprint density at radius 2 is 2.14 bits per heavy atom. The maximum atomic E-state index is 11.8. The topological polar surface area (TPSA) is 88.2 Å². The van der Waals surface area contributed by atoms with Crippen molar-refractivity contribution in [3.63, 3.8) is 0 Å². The molecule has 1 aromatic rings. The Kier molecular flexibility index (Phi) is 5.60. The van der Waals surface area contributed by atoms with Gasteiger partial charge in [0.2, 0.25) is 5.91 Å². The highest BCUT2D eigenvalue weighted by molar-refractivity contribution is 8.00. The van der Waals surface area contributed by atoms with Crippen molar-refractivity contribution < 1.29 is 13.2 Å². The molecule has 6 nitrogen and oxygen atoms in total. The largest absolute Gasteiger partial charge is 0.324 e. The van der Waals surface area contributed by atoms with E-state index in [2.05, 4.69) is 15.6 Å². The molecule has 21 heavy (non-hydrogen) atoms. The first-order valence-electron chi connectivity index (χ1n) is 6.73. The van der Waals surface area contributed by atoms with Crippen molar-refractivity contribution in [1.82, 2.24) is 10.3 Å². The predicted molar refractivity (Wildman–Crippen MR) is 84.3 cm³/mol. The van der Waals surface area contributed by atoms with Gasteiger partial charge in [-0.2, -0.15) is 0 Å². The van der Waals surface area contributed by atoms with E-state index in [4.69, 9.17) is 0 Å². The van der Waals surface area contributed by atoms with E-state index in [0.717, 1.165) is 32.2 Å². The van der Waals surface area contributed by atoms with E-state index in [1.165, 1.54) is 12.3 Å². The van der Waals surface area contributed by atoms with Crippen LogP contribution in [-0.4, -0.2) is 49.7 Å². The molecule has 0 aromatic carbocycles. The first-order chi connectivity index (χ1) is 9.95. The van der Waals surface area contributed by atoms with Crippen LogP contribution in [0.1, 0.15) is 12.8 Å². The van der Waals surface area contributed by atoms with E-state index < -0.39 is 9.84 Å². The van der Waals surface area contributed by atoms with Crippen LogP contribution in [0.2, 0.25) is 0 Å². The molecule has 2 N–H and O–H groups in total. The summed E-state index contributed by atoms with van der Waals surface area (Å²) >= 11 is 1.66. The van der Waals surface area contributed by atoms with Crippen LogP contribution in [0.5, 0.6) is 0 Å². The van der Waals surface area contributed by atoms with Crippen molar-refractivity contribution in [1.29, 1.82) is 0 Å². The third-order valence-corrected chi connectivity index (χ3v) is 5.51. The summed E-state index contributed by atoms with van der Waals surface area (Å²) in [6.45, 7) is 2.02. The van der Waals surface area contributed by atoms with E-state index >= 15 is 0 Å². The second kappa shape index (κ2) is 7.24. The van der Waals surface area contributed by atoms with Crippen LogP contribution < -0.4 is 10.6 Å². The molecule has 0 radical (unpaired) electrons. The summed E-state index contributed by atoms with van der Waals surface area (Å²) in [4.78, 5) is 15.7. The molecule has 1 saturated heterocycles. The second-order valence-corrected chi connectivity index (χ2v) is 8.22. The molecule has 2 heterocycles. The molecule has 2 rings (SSSR count). The Bertz CT molecular complexity index is 581. The number of carbonyl (C=O) groups excluding carboxylic acids is 1.